The van der Waals surface area contributed by atoms with Crippen LogP contribution in [0.2, 0.25) is 5.02 Å². The largest absolute Gasteiger partial charge is 0.328 e. The zero-order valence-electron chi connectivity index (χ0n) is 13.1. The SMILES string of the molecule is Cc1[nH]nc(C(=O)N(Cc2ccccn2)C2CCNCC2)c1Cl. The van der Waals surface area contributed by atoms with Crippen molar-refractivity contribution in [3.05, 3.63) is 46.5 Å². The smallest absolute Gasteiger partial charge is 0.276 e. The number of H-pyrrole nitrogens is 1. The third-order valence-electron chi connectivity index (χ3n) is 4.14. The summed E-state index contributed by atoms with van der Waals surface area (Å²) in [5.41, 5.74) is 1.86. The summed E-state index contributed by atoms with van der Waals surface area (Å²) in [4.78, 5) is 19.2. The summed E-state index contributed by atoms with van der Waals surface area (Å²) in [6, 6.07) is 5.89. The Morgan fingerprint density at radius 1 is 1.39 bits per heavy atom. The Morgan fingerprint density at radius 3 is 2.78 bits per heavy atom. The first-order chi connectivity index (χ1) is 11.2. The fraction of sp³-hybridized carbons (Fsp3) is 0.438. The summed E-state index contributed by atoms with van der Waals surface area (Å²) in [5.74, 6) is -0.142. The van der Waals surface area contributed by atoms with Crippen molar-refractivity contribution in [2.75, 3.05) is 13.1 Å². The molecule has 2 aromatic rings. The number of halogens is 1. The summed E-state index contributed by atoms with van der Waals surface area (Å²) in [6.07, 6.45) is 3.57. The molecule has 3 rings (SSSR count). The molecule has 1 amide bonds. The van der Waals surface area contributed by atoms with Gasteiger partial charge in [0.1, 0.15) is 0 Å². The molecule has 0 aromatic carbocycles. The standard InChI is InChI=1S/C16H20ClN5O/c1-11-14(17)15(21-20-11)16(23)22(13-5-8-18-9-6-13)10-12-4-2-3-7-19-12/h2-4,7,13,18H,5-6,8-10H2,1H3,(H,20,21). The fourth-order valence-corrected chi connectivity index (χ4v) is 3.01. The predicted octanol–water partition coefficient (Wildman–Crippen LogP) is 2.16. The van der Waals surface area contributed by atoms with Crippen molar-refractivity contribution in [3.8, 4) is 0 Å². The van der Waals surface area contributed by atoms with Crippen molar-refractivity contribution in [3.63, 3.8) is 0 Å². The van der Waals surface area contributed by atoms with E-state index >= 15 is 0 Å². The first kappa shape index (κ1) is 16.0. The van der Waals surface area contributed by atoms with Gasteiger partial charge >= 0.3 is 0 Å². The molecule has 23 heavy (non-hydrogen) atoms. The van der Waals surface area contributed by atoms with Crippen LogP contribution in [0.5, 0.6) is 0 Å². The van der Waals surface area contributed by atoms with E-state index < -0.39 is 0 Å². The number of pyridine rings is 1. The van der Waals surface area contributed by atoms with Crippen LogP contribution >= 0.6 is 11.6 Å². The first-order valence-corrected chi connectivity index (χ1v) is 8.16. The van der Waals surface area contributed by atoms with E-state index in [-0.39, 0.29) is 11.9 Å². The minimum Gasteiger partial charge on any atom is -0.328 e. The van der Waals surface area contributed by atoms with Crippen molar-refractivity contribution in [1.82, 2.24) is 25.4 Å². The van der Waals surface area contributed by atoms with E-state index in [1.54, 1.807) is 13.1 Å². The highest BCUT2D eigenvalue weighted by Crippen LogP contribution is 2.23. The van der Waals surface area contributed by atoms with Gasteiger partial charge in [-0.1, -0.05) is 17.7 Å². The maximum absolute atomic E-state index is 13.0. The number of aromatic nitrogens is 3. The number of amides is 1. The predicted molar refractivity (Wildman–Crippen MR) is 88.3 cm³/mol. The molecule has 0 aliphatic carbocycles. The quantitative estimate of drug-likeness (QED) is 0.899. The van der Waals surface area contributed by atoms with Gasteiger partial charge in [0.25, 0.3) is 5.91 Å². The monoisotopic (exact) mass is 333 g/mol. The highest BCUT2D eigenvalue weighted by molar-refractivity contribution is 6.34. The average Bonchev–Trinajstić information content (AvgIpc) is 2.93. The number of piperidine rings is 1. The van der Waals surface area contributed by atoms with Gasteiger partial charge in [-0.2, -0.15) is 5.10 Å². The first-order valence-electron chi connectivity index (χ1n) is 7.79. The fourth-order valence-electron chi connectivity index (χ4n) is 2.84. The van der Waals surface area contributed by atoms with E-state index in [1.807, 2.05) is 23.1 Å². The Bertz CT molecular complexity index is 666. The Morgan fingerprint density at radius 2 is 2.17 bits per heavy atom. The van der Waals surface area contributed by atoms with E-state index in [4.69, 9.17) is 11.6 Å². The van der Waals surface area contributed by atoms with Crippen LogP contribution in [0.25, 0.3) is 0 Å². The zero-order chi connectivity index (χ0) is 16.2. The second kappa shape index (κ2) is 7.10. The molecule has 0 unspecified atom stereocenters. The molecule has 1 aliphatic rings. The van der Waals surface area contributed by atoms with Crippen molar-refractivity contribution >= 4 is 17.5 Å². The minimum absolute atomic E-state index is 0.142. The Balaban J connectivity index is 1.87. The molecular weight excluding hydrogens is 314 g/mol. The van der Waals surface area contributed by atoms with Gasteiger partial charge < -0.3 is 10.2 Å². The lowest BCUT2D eigenvalue weighted by molar-refractivity contribution is 0.0614. The molecule has 2 N–H and O–H groups in total. The highest BCUT2D eigenvalue weighted by atomic mass is 35.5. The Labute approximate surface area is 140 Å². The molecule has 1 aliphatic heterocycles. The van der Waals surface area contributed by atoms with Crippen LogP contribution in [0.1, 0.15) is 34.7 Å². The van der Waals surface area contributed by atoms with Gasteiger partial charge in [0.05, 0.1) is 23.0 Å². The van der Waals surface area contributed by atoms with Gasteiger partial charge in [-0.05, 0) is 45.0 Å². The highest BCUT2D eigenvalue weighted by Gasteiger charge is 2.29. The summed E-state index contributed by atoms with van der Waals surface area (Å²) < 4.78 is 0. The number of hydrogen-bond donors (Lipinski definition) is 2. The van der Waals surface area contributed by atoms with E-state index in [2.05, 4.69) is 20.5 Å². The van der Waals surface area contributed by atoms with E-state index in [0.717, 1.165) is 31.6 Å². The second-order valence-electron chi connectivity index (χ2n) is 5.75. The van der Waals surface area contributed by atoms with Gasteiger partial charge in [0, 0.05) is 12.2 Å². The molecule has 6 nitrogen and oxygen atoms in total. The number of nitrogens with one attached hydrogen (secondary N) is 2. The minimum atomic E-state index is -0.142. The average molecular weight is 334 g/mol. The molecule has 0 bridgehead atoms. The number of nitrogens with zero attached hydrogens (tertiary/aromatic N) is 3. The normalized spacial score (nSPS) is 15.6. The number of rotatable bonds is 4. The molecule has 0 radical (unpaired) electrons. The molecule has 0 atom stereocenters. The number of carbonyl (C=O) groups excluding carboxylic acids is 1. The lowest BCUT2D eigenvalue weighted by atomic mass is 10.0. The molecule has 3 heterocycles. The second-order valence-corrected chi connectivity index (χ2v) is 6.12. The summed E-state index contributed by atoms with van der Waals surface area (Å²) >= 11 is 6.22. The molecular formula is C16H20ClN5O. The summed E-state index contributed by atoms with van der Waals surface area (Å²) in [6.45, 7) is 4.08. The summed E-state index contributed by atoms with van der Waals surface area (Å²) in [7, 11) is 0. The maximum Gasteiger partial charge on any atom is 0.276 e. The zero-order valence-corrected chi connectivity index (χ0v) is 13.8. The number of hydrogen-bond acceptors (Lipinski definition) is 4. The van der Waals surface area contributed by atoms with Crippen LogP contribution in [0, 0.1) is 6.92 Å². The van der Waals surface area contributed by atoms with Gasteiger partial charge in [0.2, 0.25) is 0 Å². The van der Waals surface area contributed by atoms with Crippen LogP contribution < -0.4 is 5.32 Å². The van der Waals surface area contributed by atoms with Gasteiger partial charge in [-0.25, -0.2) is 0 Å². The van der Waals surface area contributed by atoms with Gasteiger partial charge in [-0.15, -0.1) is 0 Å². The summed E-state index contributed by atoms with van der Waals surface area (Å²) in [5, 5.41) is 10.6. The van der Waals surface area contributed by atoms with Crippen LogP contribution in [-0.2, 0) is 6.54 Å². The molecule has 0 saturated carbocycles. The molecule has 0 spiro atoms. The molecule has 122 valence electrons. The van der Waals surface area contributed by atoms with Crippen LogP contribution in [0.15, 0.2) is 24.4 Å². The molecule has 1 fully saturated rings. The van der Waals surface area contributed by atoms with Crippen LogP contribution in [0.4, 0.5) is 0 Å². The Hall–Kier alpha value is -1.92. The van der Waals surface area contributed by atoms with Crippen molar-refractivity contribution in [1.29, 1.82) is 0 Å². The maximum atomic E-state index is 13.0. The number of aryl methyl sites for hydroxylation is 1. The lowest BCUT2D eigenvalue weighted by Gasteiger charge is -2.34. The van der Waals surface area contributed by atoms with Gasteiger partial charge in [0.15, 0.2) is 5.69 Å². The van der Waals surface area contributed by atoms with Crippen LogP contribution in [0.3, 0.4) is 0 Å². The van der Waals surface area contributed by atoms with Crippen LogP contribution in [-0.4, -0.2) is 45.1 Å². The molecule has 1 saturated heterocycles. The third kappa shape index (κ3) is 3.54. The third-order valence-corrected chi connectivity index (χ3v) is 4.61. The van der Waals surface area contributed by atoms with Gasteiger partial charge in [-0.3, -0.25) is 14.9 Å². The molecule has 7 heteroatoms. The van der Waals surface area contributed by atoms with Crippen molar-refractivity contribution < 1.29 is 4.79 Å². The Kier molecular flexibility index (Phi) is 4.93. The van der Waals surface area contributed by atoms with E-state index in [1.165, 1.54) is 0 Å². The van der Waals surface area contributed by atoms with Crippen molar-refractivity contribution in [2.45, 2.75) is 32.4 Å². The van der Waals surface area contributed by atoms with E-state index in [0.29, 0.717) is 23.0 Å². The number of carbonyl (C=O) groups is 1. The van der Waals surface area contributed by atoms with Crippen molar-refractivity contribution in [2.24, 2.45) is 0 Å². The van der Waals surface area contributed by atoms with E-state index in [9.17, 15) is 4.79 Å². The number of aromatic amines is 1. The lowest BCUT2D eigenvalue weighted by Crippen LogP contribution is -2.46. The topological polar surface area (TPSA) is 73.9 Å². The molecule has 2 aromatic heterocycles.